The lowest BCUT2D eigenvalue weighted by molar-refractivity contribution is -0.384. The molecule has 0 fully saturated rings. The van der Waals surface area contributed by atoms with Crippen molar-refractivity contribution in [3.05, 3.63) is 112 Å². The lowest BCUT2D eigenvalue weighted by Gasteiger charge is -2.17. The summed E-state index contributed by atoms with van der Waals surface area (Å²) in [6, 6.07) is 23.7. The number of benzene rings is 3. The lowest BCUT2D eigenvalue weighted by Crippen LogP contribution is -2.09. The fraction of sp³-hybridized carbons (Fsp3) is 0.0870. The molecule has 0 aliphatic heterocycles. The molecule has 138 valence electrons. The van der Waals surface area contributed by atoms with Gasteiger partial charge in [-0.05, 0) is 17.2 Å². The molecule has 1 atom stereocenters. The Bertz CT molecular complexity index is 1130. The van der Waals surface area contributed by atoms with E-state index in [1.807, 2.05) is 66.9 Å². The average Bonchev–Trinajstić information content (AvgIpc) is 3.16. The summed E-state index contributed by atoms with van der Waals surface area (Å²) in [4.78, 5) is 26.9. The number of nitro benzene ring substituents is 1. The molecule has 1 aromatic heterocycles. The van der Waals surface area contributed by atoms with E-state index in [4.69, 9.17) is 0 Å². The minimum Gasteiger partial charge on any atom is -0.361 e. The smallest absolute Gasteiger partial charge is 0.270 e. The second-order valence-corrected chi connectivity index (χ2v) is 6.69. The summed E-state index contributed by atoms with van der Waals surface area (Å²) >= 11 is 0. The minimum absolute atomic E-state index is 0.0363. The molecule has 3 aromatic carbocycles. The SMILES string of the molecule is O=C(CC(c1ccccc1)c1c[nH]c2ccc([N+](=O)[O-])cc12)c1ccccc1. The number of ketones is 1. The summed E-state index contributed by atoms with van der Waals surface area (Å²) in [5.41, 5.74) is 3.39. The normalized spacial score (nSPS) is 12.0. The first-order valence-electron chi connectivity index (χ1n) is 9.02. The van der Waals surface area contributed by atoms with E-state index >= 15 is 0 Å². The van der Waals surface area contributed by atoms with Gasteiger partial charge in [-0.3, -0.25) is 14.9 Å². The number of nitro groups is 1. The monoisotopic (exact) mass is 370 g/mol. The van der Waals surface area contributed by atoms with Crippen LogP contribution in [0.2, 0.25) is 0 Å². The Morgan fingerprint density at radius 2 is 1.64 bits per heavy atom. The van der Waals surface area contributed by atoms with E-state index in [1.165, 1.54) is 6.07 Å². The Balaban J connectivity index is 1.80. The Kier molecular flexibility index (Phi) is 4.72. The van der Waals surface area contributed by atoms with E-state index < -0.39 is 4.92 Å². The zero-order valence-corrected chi connectivity index (χ0v) is 15.0. The van der Waals surface area contributed by atoms with Gasteiger partial charge in [0.1, 0.15) is 0 Å². The number of H-pyrrole nitrogens is 1. The van der Waals surface area contributed by atoms with Gasteiger partial charge in [0.15, 0.2) is 5.78 Å². The number of aromatic nitrogens is 1. The molecule has 5 heteroatoms. The first-order chi connectivity index (χ1) is 13.6. The van der Waals surface area contributed by atoms with E-state index in [9.17, 15) is 14.9 Å². The molecule has 4 rings (SSSR count). The highest BCUT2D eigenvalue weighted by molar-refractivity contribution is 5.97. The van der Waals surface area contributed by atoms with Crippen molar-refractivity contribution < 1.29 is 9.72 Å². The van der Waals surface area contributed by atoms with Crippen LogP contribution >= 0.6 is 0 Å². The van der Waals surface area contributed by atoms with E-state index in [2.05, 4.69) is 4.98 Å². The average molecular weight is 370 g/mol. The molecule has 5 nitrogen and oxygen atoms in total. The standard InChI is InChI=1S/C23H18N2O3/c26-23(17-9-5-2-6-10-17)14-19(16-7-3-1-4-8-16)21-15-24-22-12-11-18(25(27)28)13-20(21)22/h1-13,15,19,24H,14H2. The van der Waals surface area contributed by atoms with Gasteiger partial charge in [-0.2, -0.15) is 0 Å². The Morgan fingerprint density at radius 1 is 0.964 bits per heavy atom. The molecule has 0 bridgehead atoms. The highest BCUT2D eigenvalue weighted by Crippen LogP contribution is 2.35. The maximum absolute atomic E-state index is 12.9. The van der Waals surface area contributed by atoms with Crippen LogP contribution in [0.4, 0.5) is 5.69 Å². The second-order valence-electron chi connectivity index (χ2n) is 6.69. The van der Waals surface area contributed by atoms with E-state index in [-0.39, 0.29) is 23.8 Å². The van der Waals surface area contributed by atoms with Gasteiger partial charge in [0.25, 0.3) is 5.69 Å². The van der Waals surface area contributed by atoms with Gasteiger partial charge in [-0.1, -0.05) is 60.7 Å². The van der Waals surface area contributed by atoms with Crippen LogP contribution < -0.4 is 0 Å². The largest absolute Gasteiger partial charge is 0.361 e. The highest BCUT2D eigenvalue weighted by atomic mass is 16.6. The van der Waals surface area contributed by atoms with Crippen molar-refractivity contribution in [3.8, 4) is 0 Å². The quantitative estimate of drug-likeness (QED) is 0.277. The number of carbonyl (C=O) groups is 1. The van der Waals surface area contributed by atoms with Crippen molar-refractivity contribution in [3.63, 3.8) is 0 Å². The number of fused-ring (bicyclic) bond motifs is 1. The van der Waals surface area contributed by atoms with Crippen LogP contribution in [0.3, 0.4) is 0 Å². The molecule has 1 unspecified atom stereocenters. The number of non-ortho nitro benzene ring substituents is 1. The zero-order chi connectivity index (χ0) is 19.5. The van der Waals surface area contributed by atoms with Crippen LogP contribution in [-0.2, 0) is 0 Å². The number of hydrogen-bond donors (Lipinski definition) is 1. The van der Waals surface area contributed by atoms with Crippen molar-refractivity contribution in [1.82, 2.24) is 4.98 Å². The van der Waals surface area contributed by atoms with Gasteiger partial charge in [-0.15, -0.1) is 0 Å². The van der Waals surface area contributed by atoms with Crippen LogP contribution in [0.25, 0.3) is 10.9 Å². The molecule has 0 saturated heterocycles. The van der Waals surface area contributed by atoms with Crippen molar-refractivity contribution in [1.29, 1.82) is 0 Å². The van der Waals surface area contributed by atoms with E-state index in [0.717, 1.165) is 22.0 Å². The molecule has 1 heterocycles. The summed E-state index contributed by atoms with van der Waals surface area (Å²) in [6.07, 6.45) is 2.13. The third-order valence-corrected chi connectivity index (χ3v) is 4.97. The van der Waals surface area contributed by atoms with Crippen molar-refractivity contribution in [2.75, 3.05) is 0 Å². The number of nitrogens with zero attached hydrogens (tertiary/aromatic N) is 1. The Morgan fingerprint density at radius 3 is 2.32 bits per heavy atom. The number of nitrogens with one attached hydrogen (secondary N) is 1. The van der Waals surface area contributed by atoms with E-state index in [0.29, 0.717) is 5.56 Å². The molecule has 0 aliphatic carbocycles. The number of rotatable bonds is 6. The fourth-order valence-electron chi connectivity index (χ4n) is 3.55. The zero-order valence-electron chi connectivity index (χ0n) is 15.0. The highest BCUT2D eigenvalue weighted by Gasteiger charge is 2.23. The van der Waals surface area contributed by atoms with Crippen LogP contribution in [-0.4, -0.2) is 15.7 Å². The Labute approximate surface area is 161 Å². The van der Waals surface area contributed by atoms with Gasteiger partial charge in [-0.25, -0.2) is 0 Å². The van der Waals surface area contributed by atoms with Gasteiger partial charge >= 0.3 is 0 Å². The summed E-state index contributed by atoms with van der Waals surface area (Å²) < 4.78 is 0. The van der Waals surface area contributed by atoms with Gasteiger partial charge < -0.3 is 4.98 Å². The van der Waals surface area contributed by atoms with Gasteiger partial charge in [0.2, 0.25) is 0 Å². The fourth-order valence-corrected chi connectivity index (χ4v) is 3.55. The molecular weight excluding hydrogens is 352 g/mol. The molecular formula is C23H18N2O3. The van der Waals surface area contributed by atoms with E-state index in [1.54, 1.807) is 12.1 Å². The third-order valence-electron chi connectivity index (χ3n) is 4.97. The number of carbonyl (C=O) groups excluding carboxylic acids is 1. The van der Waals surface area contributed by atoms with Crippen molar-refractivity contribution in [2.45, 2.75) is 12.3 Å². The molecule has 28 heavy (non-hydrogen) atoms. The lowest BCUT2D eigenvalue weighted by atomic mass is 9.85. The van der Waals surface area contributed by atoms with Crippen LogP contribution in [0, 0.1) is 10.1 Å². The molecule has 1 N–H and O–H groups in total. The van der Waals surface area contributed by atoms with Crippen LogP contribution in [0.15, 0.2) is 85.1 Å². The first-order valence-corrected chi connectivity index (χ1v) is 9.02. The number of aromatic amines is 1. The third kappa shape index (κ3) is 3.42. The van der Waals surface area contributed by atoms with Gasteiger partial charge in [0, 0.05) is 47.1 Å². The molecule has 0 amide bonds. The molecule has 4 aromatic rings. The maximum atomic E-state index is 12.9. The van der Waals surface area contributed by atoms with Crippen LogP contribution in [0.1, 0.15) is 33.8 Å². The minimum atomic E-state index is -0.400. The van der Waals surface area contributed by atoms with Crippen molar-refractivity contribution in [2.24, 2.45) is 0 Å². The first kappa shape index (κ1) is 17.7. The predicted octanol–water partition coefficient (Wildman–Crippen LogP) is 5.48. The molecule has 0 spiro atoms. The van der Waals surface area contributed by atoms with Crippen LogP contribution in [0.5, 0.6) is 0 Å². The summed E-state index contributed by atoms with van der Waals surface area (Å²) in [6.45, 7) is 0. The topological polar surface area (TPSA) is 76.0 Å². The molecule has 0 saturated carbocycles. The van der Waals surface area contributed by atoms with Crippen molar-refractivity contribution >= 4 is 22.4 Å². The number of Topliss-reactive ketones (excluding diaryl/α,β-unsaturated/α-hetero) is 1. The predicted molar refractivity (Wildman–Crippen MR) is 109 cm³/mol. The number of hydrogen-bond acceptors (Lipinski definition) is 3. The molecule has 0 radical (unpaired) electrons. The molecule has 0 aliphatic rings. The Hall–Kier alpha value is -3.73. The maximum Gasteiger partial charge on any atom is 0.270 e. The summed E-state index contributed by atoms with van der Waals surface area (Å²) in [5, 5.41) is 12.0. The van der Waals surface area contributed by atoms with Gasteiger partial charge in [0.05, 0.1) is 4.92 Å². The summed E-state index contributed by atoms with van der Waals surface area (Å²) in [5.74, 6) is -0.168. The second kappa shape index (κ2) is 7.48. The summed E-state index contributed by atoms with van der Waals surface area (Å²) in [7, 11) is 0.